The summed E-state index contributed by atoms with van der Waals surface area (Å²) in [5, 5.41) is 8.84. The SMILES string of the molecule is CC1CN(S(=O)(=O)c2ccc(CO)o2)CC1N(C)C. The second-order valence-electron chi connectivity index (χ2n) is 5.21. The van der Waals surface area contributed by atoms with E-state index in [0.717, 1.165) is 0 Å². The fourth-order valence-electron chi connectivity index (χ4n) is 2.48. The van der Waals surface area contributed by atoms with Crippen LogP contribution < -0.4 is 0 Å². The first kappa shape index (κ1) is 14.5. The molecule has 1 aromatic rings. The maximum atomic E-state index is 12.4. The molecule has 6 nitrogen and oxygen atoms in total. The third kappa shape index (κ3) is 2.69. The van der Waals surface area contributed by atoms with Crippen LogP contribution in [0.15, 0.2) is 21.6 Å². The van der Waals surface area contributed by atoms with Crippen molar-refractivity contribution in [3.05, 3.63) is 17.9 Å². The second-order valence-corrected chi connectivity index (χ2v) is 7.08. The number of rotatable bonds is 4. The lowest BCUT2D eigenvalue weighted by molar-refractivity contribution is 0.235. The Balaban J connectivity index is 2.22. The lowest BCUT2D eigenvalue weighted by atomic mass is 10.1. The van der Waals surface area contributed by atoms with Crippen LogP contribution in [-0.4, -0.2) is 56.0 Å². The minimum absolute atomic E-state index is 0.0943. The van der Waals surface area contributed by atoms with Gasteiger partial charge in [0.05, 0.1) is 0 Å². The monoisotopic (exact) mass is 288 g/mol. The van der Waals surface area contributed by atoms with Crippen molar-refractivity contribution in [2.45, 2.75) is 24.7 Å². The lowest BCUT2D eigenvalue weighted by Gasteiger charge is -2.22. The molecule has 1 fully saturated rings. The van der Waals surface area contributed by atoms with Gasteiger partial charge in [-0.25, -0.2) is 8.42 Å². The highest BCUT2D eigenvalue weighted by Crippen LogP contribution is 2.27. The maximum absolute atomic E-state index is 12.4. The van der Waals surface area contributed by atoms with Crippen LogP contribution >= 0.6 is 0 Å². The van der Waals surface area contributed by atoms with Crippen LogP contribution in [0.4, 0.5) is 0 Å². The minimum atomic E-state index is -3.60. The van der Waals surface area contributed by atoms with Crippen LogP contribution in [-0.2, 0) is 16.6 Å². The van der Waals surface area contributed by atoms with Gasteiger partial charge in [-0.1, -0.05) is 6.92 Å². The average molecular weight is 288 g/mol. The van der Waals surface area contributed by atoms with E-state index in [1.807, 2.05) is 25.9 Å². The number of aliphatic hydroxyl groups excluding tert-OH is 1. The van der Waals surface area contributed by atoms with Gasteiger partial charge in [0.15, 0.2) is 0 Å². The molecule has 2 heterocycles. The first-order valence-corrected chi connectivity index (χ1v) is 7.66. The quantitative estimate of drug-likeness (QED) is 0.865. The number of nitrogens with zero attached hydrogens (tertiary/aromatic N) is 2. The van der Waals surface area contributed by atoms with Crippen molar-refractivity contribution >= 4 is 10.0 Å². The van der Waals surface area contributed by atoms with Gasteiger partial charge in [0.2, 0.25) is 5.09 Å². The van der Waals surface area contributed by atoms with E-state index in [1.54, 1.807) is 0 Å². The van der Waals surface area contributed by atoms with Crippen molar-refractivity contribution in [2.75, 3.05) is 27.2 Å². The van der Waals surface area contributed by atoms with E-state index in [1.165, 1.54) is 16.4 Å². The molecule has 1 saturated heterocycles. The Kier molecular flexibility index (Phi) is 4.00. The summed E-state index contributed by atoms with van der Waals surface area (Å²) in [7, 11) is 0.306. The Morgan fingerprint density at radius 2 is 2.11 bits per heavy atom. The standard InChI is InChI=1S/C12H20N2O4S/c1-9-6-14(7-11(9)13(2)3)19(16,17)12-5-4-10(8-15)18-12/h4-5,9,11,15H,6-8H2,1-3H3. The van der Waals surface area contributed by atoms with Crippen LogP contribution in [0, 0.1) is 5.92 Å². The number of aliphatic hydroxyl groups is 1. The molecule has 108 valence electrons. The number of sulfonamides is 1. The molecule has 0 spiro atoms. The molecule has 1 N–H and O–H groups in total. The second kappa shape index (κ2) is 5.24. The Bertz CT molecular complexity index is 538. The van der Waals surface area contributed by atoms with Crippen molar-refractivity contribution in [3.8, 4) is 0 Å². The van der Waals surface area contributed by atoms with E-state index in [2.05, 4.69) is 0 Å². The molecule has 1 aromatic heterocycles. The van der Waals surface area contributed by atoms with Gasteiger partial charge in [-0.3, -0.25) is 0 Å². The van der Waals surface area contributed by atoms with Crippen LogP contribution in [0.25, 0.3) is 0 Å². The molecule has 2 unspecified atom stereocenters. The summed E-state index contributed by atoms with van der Waals surface area (Å²) >= 11 is 0. The van der Waals surface area contributed by atoms with Crippen LogP contribution in [0.2, 0.25) is 0 Å². The lowest BCUT2D eigenvalue weighted by Crippen LogP contribution is -2.35. The smallest absolute Gasteiger partial charge is 0.276 e. The molecule has 7 heteroatoms. The minimum Gasteiger partial charge on any atom is -0.446 e. The molecular formula is C12H20N2O4S. The van der Waals surface area contributed by atoms with Gasteiger partial charge in [-0.15, -0.1) is 0 Å². The van der Waals surface area contributed by atoms with Crippen molar-refractivity contribution in [3.63, 3.8) is 0 Å². The molecule has 0 bridgehead atoms. The highest BCUT2D eigenvalue weighted by Gasteiger charge is 2.39. The van der Waals surface area contributed by atoms with E-state index >= 15 is 0 Å². The molecule has 0 aliphatic carbocycles. The first-order valence-electron chi connectivity index (χ1n) is 6.22. The zero-order valence-corrected chi connectivity index (χ0v) is 12.2. The summed E-state index contributed by atoms with van der Waals surface area (Å²) in [6.07, 6.45) is 0. The van der Waals surface area contributed by atoms with E-state index in [0.29, 0.717) is 13.1 Å². The van der Waals surface area contributed by atoms with E-state index in [9.17, 15) is 8.42 Å². The van der Waals surface area contributed by atoms with Crippen molar-refractivity contribution in [1.82, 2.24) is 9.21 Å². The van der Waals surface area contributed by atoms with E-state index < -0.39 is 10.0 Å². The maximum Gasteiger partial charge on any atom is 0.276 e. The Labute approximate surface area is 113 Å². The van der Waals surface area contributed by atoms with E-state index in [-0.39, 0.29) is 29.4 Å². The molecule has 0 aromatic carbocycles. The first-order chi connectivity index (χ1) is 8.86. The van der Waals surface area contributed by atoms with Crippen LogP contribution in [0.1, 0.15) is 12.7 Å². The third-order valence-corrected chi connectivity index (χ3v) is 5.30. The number of likely N-dealkylation sites (N-methyl/N-ethyl adjacent to an activating group) is 1. The zero-order valence-electron chi connectivity index (χ0n) is 11.4. The summed E-state index contributed by atoms with van der Waals surface area (Å²) in [5.41, 5.74) is 0. The van der Waals surface area contributed by atoms with Gasteiger partial charge in [0, 0.05) is 19.1 Å². The summed E-state index contributed by atoms with van der Waals surface area (Å²) in [5.74, 6) is 0.534. The van der Waals surface area contributed by atoms with Crippen LogP contribution in [0.3, 0.4) is 0 Å². The highest BCUT2D eigenvalue weighted by molar-refractivity contribution is 7.89. The fourth-order valence-corrected chi connectivity index (χ4v) is 3.97. The third-order valence-electron chi connectivity index (χ3n) is 3.59. The van der Waals surface area contributed by atoms with Crippen LogP contribution in [0.5, 0.6) is 0 Å². The van der Waals surface area contributed by atoms with Crippen molar-refractivity contribution in [2.24, 2.45) is 5.92 Å². The van der Waals surface area contributed by atoms with Gasteiger partial charge in [-0.05, 0) is 32.1 Å². The Hall–Kier alpha value is -0.890. The molecule has 2 atom stereocenters. The topological polar surface area (TPSA) is 74.0 Å². The molecular weight excluding hydrogens is 268 g/mol. The summed E-state index contributed by atoms with van der Waals surface area (Å²) in [6.45, 7) is 2.69. The molecule has 2 rings (SSSR count). The predicted octanol–water partition coefficient (Wildman–Crippen LogP) is 0.343. The molecule has 0 amide bonds. The molecule has 0 saturated carbocycles. The number of hydrogen-bond acceptors (Lipinski definition) is 5. The zero-order chi connectivity index (χ0) is 14.2. The van der Waals surface area contributed by atoms with Gasteiger partial charge in [0.1, 0.15) is 12.4 Å². The van der Waals surface area contributed by atoms with Crippen molar-refractivity contribution < 1.29 is 17.9 Å². The molecule has 19 heavy (non-hydrogen) atoms. The number of furan rings is 1. The van der Waals surface area contributed by atoms with E-state index in [4.69, 9.17) is 9.52 Å². The summed E-state index contributed by atoms with van der Waals surface area (Å²) < 4.78 is 31.4. The van der Waals surface area contributed by atoms with Crippen molar-refractivity contribution in [1.29, 1.82) is 0 Å². The Morgan fingerprint density at radius 3 is 2.58 bits per heavy atom. The molecule has 0 radical (unpaired) electrons. The molecule has 1 aliphatic rings. The van der Waals surface area contributed by atoms with Gasteiger partial charge in [-0.2, -0.15) is 4.31 Å². The predicted molar refractivity (Wildman–Crippen MR) is 70.0 cm³/mol. The Morgan fingerprint density at radius 1 is 1.42 bits per heavy atom. The normalized spacial score (nSPS) is 25.3. The number of hydrogen-bond donors (Lipinski definition) is 1. The molecule has 1 aliphatic heterocycles. The largest absolute Gasteiger partial charge is 0.446 e. The average Bonchev–Trinajstić information content (AvgIpc) is 2.95. The van der Waals surface area contributed by atoms with Gasteiger partial charge >= 0.3 is 0 Å². The summed E-state index contributed by atoms with van der Waals surface area (Å²) in [6, 6.07) is 3.09. The fraction of sp³-hybridized carbons (Fsp3) is 0.667. The van der Waals surface area contributed by atoms with Gasteiger partial charge < -0.3 is 14.4 Å². The summed E-state index contributed by atoms with van der Waals surface area (Å²) in [4.78, 5) is 2.04. The highest BCUT2D eigenvalue weighted by atomic mass is 32.2. The van der Waals surface area contributed by atoms with Gasteiger partial charge in [0.25, 0.3) is 10.0 Å².